The van der Waals surface area contributed by atoms with E-state index in [1.165, 1.54) is 0 Å². The van der Waals surface area contributed by atoms with Crippen molar-refractivity contribution in [2.45, 2.75) is 34.1 Å². The minimum Gasteiger partial charge on any atom is -0.355 e. The summed E-state index contributed by atoms with van der Waals surface area (Å²) in [5.41, 5.74) is 3.11. The van der Waals surface area contributed by atoms with E-state index in [4.69, 9.17) is 0 Å². The topological polar surface area (TPSA) is 49.4 Å². The number of hydrogen-bond acceptors (Lipinski definition) is 2. The van der Waals surface area contributed by atoms with E-state index in [9.17, 15) is 9.59 Å². The first-order valence-corrected chi connectivity index (χ1v) is 7.57. The van der Waals surface area contributed by atoms with E-state index in [0.29, 0.717) is 25.4 Å². The normalized spacial score (nSPS) is 18.4. The molecule has 1 aromatic carbocycles. The summed E-state index contributed by atoms with van der Waals surface area (Å²) in [7, 11) is 0. The van der Waals surface area contributed by atoms with E-state index in [0.717, 1.165) is 16.8 Å². The van der Waals surface area contributed by atoms with Crippen molar-refractivity contribution < 1.29 is 9.59 Å². The lowest BCUT2D eigenvalue weighted by molar-refractivity contribution is -0.132. The fraction of sp³-hybridized carbons (Fsp3) is 0.529. The number of rotatable bonds is 4. The standard InChI is InChI=1S/C17H24N2O2/c1-11(2)10-18-16(20)14-8-9-19(17(14)21)15-12(3)6-5-7-13(15)4/h5-7,11,14H,8-10H2,1-4H3,(H,18,20). The van der Waals surface area contributed by atoms with Gasteiger partial charge in [-0.3, -0.25) is 9.59 Å². The van der Waals surface area contributed by atoms with E-state index in [2.05, 4.69) is 5.32 Å². The largest absolute Gasteiger partial charge is 0.355 e. The van der Waals surface area contributed by atoms with Gasteiger partial charge in [-0.15, -0.1) is 0 Å². The van der Waals surface area contributed by atoms with Crippen molar-refractivity contribution in [3.8, 4) is 0 Å². The zero-order valence-corrected chi connectivity index (χ0v) is 13.3. The summed E-state index contributed by atoms with van der Waals surface area (Å²) >= 11 is 0. The van der Waals surface area contributed by atoms with E-state index in [-0.39, 0.29) is 11.8 Å². The molecule has 0 saturated carbocycles. The summed E-state index contributed by atoms with van der Waals surface area (Å²) in [5.74, 6) is -0.362. The molecule has 1 aliphatic heterocycles. The van der Waals surface area contributed by atoms with E-state index in [1.807, 2.05) is 45.9 Å². The fourth-order valence-electron chi connectivity index (χ4n) is 2.80. The van der Waals surface area contributed by atoms with Gasteiger partial charge in [0, 0.05) is 18.8 Å². The highest BCUT2D eigenvalue weighted by Crippen LogP contribution is 2.30. The second-order valence-corrected chi connectivity index (χ2v) is 6.21. The lowest BCUT2D eigenvalue weighted by Gasteiger charge is -2.21. The quantitative estimate of drug-likeness (QED) is 0.865. The Hall–Kier alpha value is -1.84. The van der Waals surface area contributed by atoms with Gasteiger partial charge in [0.05, 0.1) is 0 Å². The summed E-state index contributed by atoms with van der Waals surface area (Å²) < 4.78 is 0. The van der Waals surface area contributed by atoms with Crippen molar-refractivity contribution in [1.29, 1.82) is 0 Å². The van der Waals surface area contributed by atoms with Gasteiger partial charge in [-0.2, -0.15) is 0 Å². The maximum Gasteiger partial charge on any atom is 0.239 e. The number of nitrogens with zero attached hydrogens (tertiary/aromatic N) is 1. The van der Waals surface area contributed by atoms with Crippen LogP contribution >= 0.6 is 0 Å². The molecule has 114 valence electrons. The Morgan fingerprint density at radius 2 is 1.95 bits per heavy atom. The lowest BCUT2D eigenvalue weighted by Crippen LogP contribution is -2.38. The monoisotopic (exact) mass is 288 g/mol. The first-order valence-electron chi connectivity index (χ1n) is 7.57. The number of nitrogens with one attached hydrogen (secondary N) is 1. The van der Waals surface area contributed by atoms with E-state index in [1.54, 1.807) is 4.90 Å². The SMILES string of the molecule is Cc1cccc(C)c1N1CCC(C(=O)NCC(C)C)C1=O. The highest BCUT2D eigenvalue weighted by molar-refractivity contribution is 6.10. The zero-order chi connectivity index (χ0) is 15.6. The second-order valence-electron chi connectivity index (χ2n) is 6.21. The summed E-state index contributed by atoms with van der Waals surface area (Å²) in [5, 5.41) is 2.87. The van der Waals surface area contributed by atoms with Crippen molar-refractivity contribution in [2.75, 3.05) is 18.0 Å². The molecule has 21 heavy (non-hydrogen) atoms. The smallest absolute Gasteiger partial charge is 0.239 e. The number of carbonyl (C=O) groups is 2. The number of hydrogen-bond donors (Lipinski definition) is 1. The molecule has 1 unspecified atom stereocenters. The van der Waals surface area contributed by atoms with Crippen LogP contribution in [0, 0.1) is 25.7 Å². The molecule has 1 N–H and O–H groups in total. The van der Waals surface area contributed by atoms with Crippen molar-refractivity contribution >= 4 is 17.5 Å². The third-order valence-electron chi connectivity index (χ3n) is 3.92. The van der Waals surface area contributed by atoms with Crippen molar-refractivity contribution in [3.05, 3.63) is 29.3 Å². The number of carbonyl (C=O) groups excluding carboxylic acids is 2. The molecule has 2 rings (SSSR count). The minimum absolute atomic E-state index is 0.0753. The van der Waals surface area contributed by atoms with Crippen LogP contribution in [0.5, 0.6) is 0 Å². The molecule has 1 aliphatic rings. The average Bonchev–Trinajstić information content (AvgIpc) is 2.78. The fourth-order valence-corrected chi connectivity index (χ4v) is 2.80. The number of aryl methyl sites for hydroxylation is 2. The summed E-state index contributed by atoms with van der Waals surface area (Å²) in [4.78, 5) is 26.5. The Kier molecular flexibility index (Phi) is 4.66. The van der Waals surface area contributed by atoms with Crippen molar-refractivity contribution in [1.82, 2.24) is 5.32 Å². The van der Waals surface area contributed by atoms with Crippen LogP contribution in [-0.2, 0) is 9.59 Å². The predicted molar refractivity (Wildman–Crippen MR) is 84.2 cm³/mol. The molecule has 1 atom stereocenters. The van der Waals surface area contributed by atoms with Crippen LogP contribution in [0.15, 0.2) is 18.2 Å². The molecule has 0 aliphatic carbocycles. The molecule has 1 aromatic rings. The van der Waals surface area contributed by atoms with E-state index >= 15 is 0 Å². The van der Waals surface area contributed by atoms with Crippen LogP contribution < -0.4 is 10.2 Å². The van der Waals surface area contributed by atoms with Crippen LogP contribution in [0.1, 0.15) is 31.4 Å². The maximum atomic E-state index is 12.6. The van der Waals surface area contributed by atoms with Gasteiger partial charge >= 0.3 is 0 Å². The number of benzene rings is 1. The molecule has 0 bridgehead atoms. The molecule has 4 nitrogen and oxygen atoms in total. The van der Waals surface area contributed by atoms with E-state index < -0.39 is 5.92 Å². The Labute approximate surface area is 126 Å². The van der Waals surface area contributed by atoms with Crippen molar-refractivity contribution in [2.24, 2.45) is 11.8 Å². The van der Waals surface area contributed by atoms with Crippen LogP contribution in [0.25, 0.3) is 0 Å². The zero-order valence-electron chi connectivity index (χ0n) is 13.3. The molecule has 1 fully saturated rings. The molecule has 0 spiro atoms. The van der Waals surface area contributed by atoms with Gasteiger partial charge in [-0.25, -0.2) is 0 Å². The van der Waals surface area contributed by atoms with Crippen LogP contribution in [0.4, 0.5) is 5.69 Å². The molecular weight excluding hydrogens is 264 g/mol. The van der Waals surface area contributed by atoms with Gasteiger partial charge in [0.25, 0.3) is 0 Å². The molecule has 0 aromatic heterocycles. The molecule has 1 saturated heterocycles. The van der Waals surface area contributed by atoms with Gasteiger partial charge in [0.1, 0.15) is 5.92 Å². The highest BCUT2D eigenvalue weighted by Gasteiger charge is 2.38. The van der Waals surface area contributed by atoms with Crippen LogP contribution in [-0.4, -0.2) is 24.9 Å². The maximum absolute atomic E-state index is 12.6. The number of amides is 2. The second kappa shape index (κ2) is 6.29. The third kappa shape index (κ3) is 3.26. The Morgan fingerprint density at radius 3 is 2.52 bits per heavy atom. The summed E-state index contributed by atoms with van der Waals surface area (Å²) in [6.07, 6.45) is 0.594. The van der Waals surface area contributed by atoms with Crippen LogP contribution in [0.2, 0.25) is 0 Å². The van der Waals surface area contributed by atoms with Gasteiger partial charge in [0.2, 0.25) is 11.8 Å². The molecule has 0 radical (unpaired) electrons. The van der Waals surface area contributed by atoms with Gasteiger partial charge in [-0.05, 0) is 37.3 Å². The molecular formula is C17H24N2O2. The Bertz CT molecular complexity index is 531. The Balaban J connectivity index is 2.13. The molecule has 2 amide bonds. The molecule has 4 heteroatoms. The van der Waals surface area contributed by atoms with Gasteiger partial charge < -0.3 is 10.2 Å². The summed E-state index contributed by atoms with van der Waals surface area (Å²) in [6.45, 7) is 9.32. The van der Waals surface area contributed by atoms with Gasteiger partial charge in [-0.1, -0.05) is 32.0 Å². The first kappa shape index (κ1) is 15.5. The average molecular weight is 288 g/mol. The predicted octanol–water partition coefficient (Wildman–Crippen LogP) is 2.43. The lowest BCUT2D eigenvalue weighted by atomic mass is 10.1. The van der Waals surface area contributed by atoms with Crippen LogP contribution in [0.3, 0.4) is 0 Å². The molecule has 1 heterocycles. The van der Waals surface area contributed by atoms with Gasteiger partial charge in [0.15, 0.2) is 0 Å². The summed E-state index contributed by atoms with van der Waals surface area (Å²) in [6, 6.07) is 5.99. The highest BCUT2D eigenvalue weighted by atomic mass is 16.2. The third-order valence-corrected chi connectivity index (χ3v) is 3.92. The number of para-hydroxylation sites is 1. The minimum atomic E-state index is -0.539. The Morgan fingerprint density at radius 1 is 1.33 bits per heavy atom. The van der Waals surface area contributed by atoms with Crippen molar-refractivity contribution in [3.63, 3.8) is 0 Å². The first-order chi connectivity index (χ1) is 9.91. The number of anilines is 1.